The second kappa shape index (κ2) is 17.7. The number of ketones is 1. The SMILES string of the molecule is CC(=O)OCC1OC(Oc2cc(C)c(O)cc2C/C=C(\C)CC/C=C(\C)CC(=O)CC(C)C)C(O)C(OC(C)=O)C1OC(C)=O. The van der Waals surface area contributed by atoms with Crippen LogP contribution in [0.5, 0.6) is 11.5 Å². The highest BCUT2D eigenvalue weighted by molar-refractivity contribution is 5.80. The minimum absolute atomic E-state index is 0.0542. The van der Waals surface area contributed by atoms with Crippen molar-refractivity contribution >= 4 is 23.7 Å². The molecule has 5 atom stereocenters. The number of rotatable bonds is 15. The number of carbonyl (C=O) groups is 4. The molecule has 0 radical (unpaired) electrons. The fourth-order valence-corrected chi connectivity index (χ4v) is 4.94. The number of ether oxygens (including phenoxy) is 5. The van der Waals surface area contributed by atoms with Gasteiger partial charge in [0, 0.05) is 39.2 Å². The molecule has 45 heavy (non-hydrogen) atoms. The maximum absolute atomic E-state index is 12.1. The lowest BCUT2D eigenvalue weighted by Gasteiger charge is -2.42. The highest BCUT2D eigenvalue weighted by atomic mass is 16.7. The van der Waals surface area contributed by atoms with Gasteiger partial charge in [-0.05, 0) is 63.6 Å². The number of aliphatic hydroxyl groups is 1. The minimum Gasteiger partial charge on any atom is -0.508 e. The summed E-state index contributed by atoms with van der Waals surface area (Å²) in [5, 5.41) is 21.6. The molecule has 0 bridgehead atoms. The molecule has 1 aliphatic heterocycles. The van der Waals surface area contributed by atoms with Gasteiger partial charge in [0.2, 0.25) is 6.29 Å². The first-order valence-corrected chi connectivity index (χ1v) is 15.2. The molecule has 1 fully saturated rings. The maximum Gasteiger partial charge on any atom is 0.303 e. The third-order valence-electron chi connectivity index (χ3n) is 7.11. The molecule has 1 aromatic rings. The van der Waals surface area contributed by atoms with Crippen molar-refractivity contribution in [2.75, 3.05) is 6.61 Å². The predicted molar refractivity (Wildman–Crippen MR) is 165 cm³/mol. The molecule has 0 spiro atoms. The van der Waals surface area contributed by atoms with Gasteiger partial charge in [-0.25, -0.2) is 0 Å². The number of phenols is 1. The van der Waals surface area contributed by atoms with Crippen molar-refractivity contribution in [1.82, 2.24) is 0 Å². The Bertz CT molecular complexity index is 1260. The zero-order chi connectivity index (χ0) is 33.8. The van der Waals surface area contributed by atoms with Crippen LogP contribution < -0.4 is 4.74 Å². The van der Waals surface area contributed by atoms with Gasteiger partial charge in [0.1, 0.15) is 30.0 Å². The number of allylic oxidation sites excluding steroid dienone is 4. The second-order valence-electron chi connectivity index (χ2n) is 12.0. The quantitative estimate of drug-likeness (QED) is 0.155. The Morgan fingerprint density at radius 2 is 1.58 bits per heavy atom. The van der Waals surface area contributed by atoms with Crippen LogP contribution in [-0.2, 0) is 44.5 Å². The number of aliphatic hydroxyl groups excluding tert-OH is 1. The Morgan fingerprint density at radius 1 is 0.933 bits per heavy atom. The average Bonchev–Trinajstić information content (AvgIpc) is 2.91. The van der Waals surface area contributed by atoms with Crippen molar-refractivity contribution in [3.63, 3.8) is 0 Å². The van der Waals surface area contributed by atoms with Crippen LogP contribution in [0.2, 0.25) is 0 Å². The monoisotopic (exact) mass is 632 g/mol. The van der Waals surface area contributed by atoms with Crippen LogP contribution in [0.3, 0.4) is 0 Å². The zero-order valence-electron chi connectivity index (χ0n) is 27.6. The number of Topliss-reactive ketones (excluding diaryl/α,β-unsaturated/α-hetero) is 1. The van der Waals surface area contributed by atoms with E-state index in [1.54, 1.807) is 19.1 Å². The first kappa shape index (κ1) is 37.5. The van der Waals surface area contributed by atoms with Gasteiger partial charge in [-0.2, -0.15) is 0 Å². The van der Waals surface area contributed by atoms with Crippen LogP contribution in [0.25, 0.3) is 0 Å². The number of hydrogen-bond donors (Lipinski definition) is 2. The summed E-state index contributed by atoms with van der Waals surface area (Å²) in [5.74, 6) is -1.13. The van der Waals surface area contributed by atoms with Crippen molar-refractivity contribution in [3.8, 4) is 11.5 Å². The molecule has 11 heteroatoms. The molecule has 0 saturated carbocycles. The molecule has 2 rings (SSSR count). The topological polar surface area (TPSA) is 155 Å². The molecule has 2 N–H and O–H groups in total. The van der Waals surface area contributed by atoms with Gasteiger partial charge in [-0.15, -0.1) is 0 Å². The van der Waals surface area contributed by atoms with Crippen LogP contribution in [0, 0.1) is 12.8 Å². The lowest BCUT2D eigenvalue weighted by molar-refractivity contribution is -0.285. The molecule has 11 nitrogen and oxygen atoms in total. The summed E-state index contributed by atoms with van der Waals surface area (Å²) >= 11 is 0. The van der Waals surface area contributed by atoms with Crippen molar-refractivity contribution < 1.29 is 53.1 Å². The molecule has 250 valence electrons. The number of benzene rings is 1. The summed E-state index contributed by atoms with van der Waals surface area (Å²) in [5.41, 5.74) is 3.25. The molecule has 5 unspecified atom stereocenters. The molecule has 0 aliphatic carbocycles. The van der Waals surface area contributed by atoms with E-state index in [1.807, 2.05) is 33.8 Å². The number of hydrogen-bond acceptors (Lipinski definition) is 11. The molecule has 1 heterocycles. The normalized spacial score (nSPS) is 22.1. The molecule has 1 aliphatic rings. The Labute approximate surface area is 265 Å². The smallest absolute Gasteiger partial charge is 0.303 e. The highest BCUT2D eigenvalue weighted by Crippen LogP contribution is 2.33. The Hall–Kier alpha value is -3.70. The number of aryl methyl sites for hydroxylation is 1. The van der Waals surface area contributed by atoms with Crippen molar-refractivity contribution in [2.45, 2.75) is 118 Å². The number of phenolic OH excluding ortho intramolecular Hbond substituents is 1. The molecular formula is C34H48O11. The van der Waals surface area contributed by atoms with Crippen molar-refractivity contribution in [1.29, 1.82) is 0 Å². The van der Waals surface area contributed by atoms with E-state index in [0.717, 1.165) is 37.8 Å². The average molecular weight is 633 g/mol. The van der Waals surface area contributed by atoms with E-state index in [9.17, 15) is 29.4 Å². The lowest BCUT2D eigenvalue weighted by Crippen LogP contribution is -2.62. The number of aromatic hydroxyl groups is 1. The van der Waals surface area contributed by atoms with Gasteiger partial charge in [-0.1, -0.05) is 37.1 Å². The van der Waals surface area contributed by atoms with E-state index in [-0.39, 0.29) is 18.1 Å². The maximum atomic E-state index is 12.1. The first-order valence-electron chi connectivity index (χ1n) is 15.2. The van der Waals surface area contributed by atoms with E-state index in [2.05, 4.69) is 6.08 Å². The number of carbonyl (C=O) groups excluding carboxylic acids is 4. The molecule has 1 aromatic carbocycles. The second-order valence-corrected chi connectivity index (χ2v) is 12.0. The van der Waals surface area contributed by atoms with Crippen molar-refractivity contribution in [3.05, 3.63) is 46.6 Å². The minimum atomic E-state index is -1.59. The fraction of sp³-hybridized carbons (Fsp3) is 0.588. The van der Waals surface area contributed by atoms with E-state index in [0.29, 0.717) is 42.1 Å². The van der Waals surface area contributed by atoms with Crippen LogP contribution in [0.4, 0.5) is 0 Å². The Morgan fingerprint density at radius 3 is 2.18 bits per heavy atom. The van der Waals surface area contributed by atoms with Gasteiger partial charge >= 0.3 is 17.9 Å². The lowest BCUT2D eigenvalue weighted by atomic mass is 9.98. The molecule has 0 aromatic heterocycles. The van der Waals surface area contributed by atoms with Gasteiger partial charge in [0.05, 0.1) is 0 Å². The van der Waals surface area contributed by atoms with Gasteiger partial charge in [0.25, 0.3) is 0 Å². The van der Waals surface area contributed by atoms with Crippen LogP contribution in [-0.4, -0.2) is 71.2 Å². The standard InChI is InChI=1S/C34H48O11/c1-19(2)14-27(38)15-21(4)11-9-10-20(3)12-13-26-17-28(39)22(5)16-29(26)44-34-31(40)33(43-25(8)37)32(42-24(7)36)30(45-34)18-41-23(6)35/h11-12,16-17,19,30-34,39-40H,9-10,13-15,18H2,1-8H3/b20-12+,21-11+. The fourth-order valence-electron chi connectivity index (χ4n) is 4.94. The molecule has 1 saturated heterocycles. The molecular weight excluding hydrogens is 584 g/mol. The third-order valence-corrected chi connectivity index (χ3v) is 7.11. The molecule has 0 amide bonds. The summed E-state index contributed by atoms with van der Waals surface area (Å²) in [6, 6.07) is 3.17. The van der Waals surface area contributed by atoms with Gasteiger partial charge in [0.15, 0.2) is 18.3 Å². The van der Waals surface area contributed by atoms with Gasteiger partial charge in [-0.3, -0.25) is 19.2 Å². The van der Waals surface area contributed by atoms with Crippen LogP contribution in [0.15, 0.2) is 35.4 Å². The van der Waals surface area contributed by atoms with E-state index >= 15 is 0 Å². The van der Waals surface area contributed by atoms with Gasteiger partial charge < -0.3 is 33.9 Å². The predicted octanol–water partition coefficient (Wildman–Crippen LogP) is 4.81. The van der Waals surface area contributed by atoms with E-state index < -0.39 is 48.6 Å². The highest BCUT2D eigenvalue weighted by Gasteiger charge is 2.51. The van der Waals surface area contributed by atoms with Crippen LogP contribution >= 0.6 is 0 Å². The number of esters is 3. The summed E-state index contributed by atoms with van der Waals surface area (Å²) in [4.78, 5) is 47.4. The Kier molecular flexibility index (Phi) is 14.7. The summed E-state index contributed by atoms with van der Waals surface area (Å²) < 4.78 is 27.8. The van der Waals surface area contributed by atoms with E-state index in [4.69, 9.17) is 23.7 Å². The largest absolute Gasteiger partial charge is 0.508 e. The first-order chi connectivity index (χ1) is 21.1. The van der Waals surface area contributed by atoms with Crippen molar-refractivity contribution in [2.24, 2.45) is 5.92 Å². The summed E-state index contributed by atoms with van der Waals surface area (Å²) in [7, 11) is 0. The van der Waals surface area contributed by atoms with Crippen LogP contribution in [0.1, 0.15) is 85.3 Å². The zero-order valence-corrected chi connectivity index (χ0v) is 27.6. The third kappa shape index (κ3) is 12.7. The summed E-state index contributed by atoms with van der Waals surface area (Å²) in [6.07, 6.45) is 0.255. The Balaban J connectivity index is 2.26. The summed E-state index contributed by atoms with van der Waals surface area (Å²) in [6.45, 7) is 12.8. The van der Waals surface area contributed by atoms with E-state index in [1.165, 1.54) is 6.92 Å².